The van der Waals surface area contributed by atoms with Gasteiger partial charge in [-0.25, -0.2) is 0 Å². The summed E-state index contributed by atoms with van der Waals surface area (Å²) in [6.45, 7) is 0.700. The van der Waals surface area contributed by atoms with Crippen LogP contribution in [0.15, 0.2) is 28.8 Å². The minimum atomic E-state index is 0.310. The summed E-state index contributed by atoms with van der Waals surface area (Å²) >= 11 is 0. The van der Waals surface area contributed by atoms with E-state index in [2.05, 4.69) is 39.7 Å². The topological polar surface area (TPSA) is 51.0 Å². The maximum atomic E-state index is 5.43. The fraction of sp³-hybridized carbons (Fsp3) is 0.529. The Bertz CT molecular complexity index is 616. The first kappa shape index (κ1) is 13.0. The second-order valence-corrected chi connectivity index (χ2v) is 6.20. The molecule has 1 heterocycles. The quantitative estimate of drug-likeness (QED) is 0.936. The second-order valence-electron chi connectivity index (χ2n) is 6.20. The Kier molecular flexibility index (Phi) is 3.47. The highest BCUT2D eigenvalue weighted by molar-refractivity contribution is 5.38. The molecule has 21 heavy (non-hydrogen) atoms. The van der Waals surface area contributed by atoms with Gasteiger partial charge < -0.3 is 9.84 Å². The maximum Gasteiger partial charge on any atom is 0.240 e. The maximum absolute atomic E-state index is 5.43. The van der Waals surface area contributed by atoms with Crippen molar-refractivity contribution in [2.24, 2.45) is 0 Å². The van der Waals surface area contributed by atoms with Gasteiger partial charge in [0.05, 0.1) is 6.54 Å². The van der Waals surface area contributed by atoms with Gasteiger partial charge in [-0.05, 0) is 36.8 Å². The van der Waals surface area contributed by atoms with Crippen molar-refractivity contribution in [1.82, 2.24) is 15.5 Å². The first-order valence-corrected chi connectivity index (χ1v) is 8.04. The van der Waals surface area contributed by atoms with Crippen molar-refractivity contribution < 1.29 is 4.52 Å². The lowest BCUT2D eigenvalue weighted by atomic mass is 10.0. The van der Waals surface area contributed by atoms with Gasteiger partial charge >= 0.3 is 0 Å². The van der Waals surface area contributed by atoms with Gasteiger partial charge in [-0.15, -0.1) is 0 Å². The molecule has 4 heteroatoms. The lowest BCUT2D eigenvalue weighted by molar-refractivity contribution is 0.352. The number of aromatic nitrogens is 2. The number of benzene rings is 1. The molecular formula is C17H21N3O. The Balaban J connectivity index is 1.45. The minimum Gasteiger partial charge on any atom is -0.338 e. The highest BCUT2D eigenvalue weighted by Crippen LogP contribution is 2.36. The van der Waals surface area contributed by atoms with Crippen LogP contribution in [0.1, 0.15) is 60.9 Å². The number of nitrogens with zero attached hydrogens (tertiary/aromatic N) is 2. The van der Waals surface area contributed by atoms with Gasteiger partial charge in [0.25, 0.3) is 0 Å². The predicted octanol–water partition coefficient (Wildman–Crippen LogP) is 3.18. The van der Waals surface area contributed by atoms with Crippen molar-refractivity contribution in [3.63, 3.8) is 0 Å². The number of rotatable bonds is 4. The van der Waals surface area contributed by atoms with Crippen molar-refractivity contribution in [3.05, 3.63) is 47.1 Å². The zero-order valence-corrected chi connectivity index (χ0v) is 12.2. The van der Waals surface area contributed by atoms with Gasteiger partial charge in [-0.2, -0.15) is 4.98 Å². The molecule has 110 valence electrons. The van der Waals surface area contributed by atoms with E-state index in [1.165, 1.54) is 36.8 Å². The summed E-state index contributed by atoms with van der Waals surface area (Å²) in [5, 5.41) is 7.74. The van der Waals surface area contributed by atoms with Crippen molar-refractivity contribution in [1.29, 1.82) is 0 Å². The third-order valence-electron chi connectivity index (χ3n) is 4.83. The van der Waals surface area contributed by atoms with E-state index in [0.717, 1.165) is 24.6 Å². The molecule has 1 aromatic heterocycles. The Morgan fingerprint density at radius 3 is 2.90 bits per heavy atom. The third kappa shape index (κ3) is 2.60. The van der Waals surface area contributed by atoms with Crippen LogP contribution < -0.4 is 5.32 Å². The van der Waals surface area contributed by atoms with E-state index in [9.17, 15) is 0 Å². The van der Waals surface area contributed by atoms with E-state index in [1.54, 1.807) is 0 Å². The van der Waals surface area contributed by atoms with Gasteiger partial charge in [-0.3, -0.25) is 0 Å². The molecule has 0 saturated heterocycles. The van der Waals surface area contributed by atoms with Crippen LogP contribution in [0.3, 0.4) is 0 Å². The number of hydrogen-bond donors (Lipinski definition) is 1. The van der Waals surface area contributed by atoms with Gasteiger partial charge in [0.2, 0.25) is 5.89 Å². The molecule has 0 radical (unpaired) electrons. The van der Waals surface area contributed by atoms with E-state index in [1.807, 2.05) is 0 Å². The molecule has 0 spiro atoms. The molecule has 1 fully saturated rings. The summed E-state index contributed by atoms with van der Waals surface area (Å²) < 4.78 is 5.43. The van der Waals surface area contributed by atoms with E-state index in [-0.39, 0.29) is 0 Å². The van der Waals surface area contributed by atoms with Crippen LogP contribution in [-0.2, 0) is 13.0 Å². The largest absolute Gasteiger partial charge is 0.338 e. The van der Waals surface area contributed by atoms with Crippen LogP contribution in [0.5, 0.6) is 0 Å². The fourth-order valence-corrected chi connectivity index (χ4v) is 3.67. The zero-order valence-electron chi connectivity index (χ0n) is 12.2. The molecule has 2 aliphatic carbocycles. The van der Waals surface area contributed by atoms with Crippen molar-refractivity contribution >= 4 is 0 Å². The normalized spacial score (nSPS) is 21.8. The smallest absolute Gasteiger partial charge is 0.240 e. The fourth-order valence-electron chi connectivity index (χ4n) is 3.67. The van der Waals surface area contributed by atoms with Crippen LogP contribution in [0.2, 0.25) is 0 Å². The highest BCUT2D eigenvalue weighted by atomic mass is 16.5. The van der Waals surface area contributed by atoms with Crippen LogP contribution in [0.4, 0.5) is 0 Å². The van der Waals surface area contributed by atoms with Crippen molar-refractivity contribution in [2.45, 2.75) is 57.0 Å². The number of nitrogens with one attached hydrogen (secondary N) is 1. The Morgan fingerprint density at radius 1 is 1.14 bits per heavy atom. The minimum absolute atomic E-state index is 0.310. The van der Waals surface area contributed by atoms with E-state index in [0.29, 0.717) is 18.5 Å². The van der Waals surface area contributed by atoms with Crippen LogP contribution in [0.25, 0.3) is 0 Å². The molecule has 2 aromatic rings. The molecule has 0 bridgehead atoms. The number of hydrogen-bond acceptors (Lipinski definition) is 4. The zero-order chi connectivity index (χ0) is 14.1. The Labute approximate surface area is 124 Å². The molecule has 1 aromatic carbocycles. The first-order chi connectivity index (χ1) is 10.4. The van der Waals surface area contributed by atoms with E-state index < -0.39 is 0 Å². The second kappa shape index (κ2) is 5.60. The monoisotopic (exact) mass is 283 g/mol. The van der Waals surface area contributed by atoms with Gasteiger partial charge in [0.1, 0.15) is 0 Å². The highest BCUT2D eigenvalue weighted by Gasteiger charge is 2.27. The van der Waals surface area contributed by atoms with Crippen LogP contribution >= 0.6 is 0 Å². The molecule has 1 saturated carbocycles. The molecule has 4 rings (SSSR count). The van der Waals surface area contributed by atoms with Gasteiger partial charge in [0, 0.05) is 12.0 Å². The summed E-state index contributed by atoms with van der Waals surface area (Å²) in [6.07, 6.45) is 7.44. The molecular weight excluding hydrogens is 262 g/mol. The predicted molar refractivity (Wildman–Crippen MR) is 80.0 cm³/mol. The standard InChI is InChI=1S/C17H21N3O/c1-4-8-14-12(5-1)9-10-15(14)17-19-16(21-20-17)11-18-13-6-2-3-7-13/h1,4-5,8,13,15,18H,2-3,6-7,9-11H2. The average molecular weight is 283 g/mol. The van der Waals surface area contributed by atoms with Gasteiger partial charge in [0.15, 0.2) is 5.82 Å². The van der Waals surface area contributed by atoms with Crippen LogP contribution in [-0.4, -0.2) is 16.2 Å². The summed E-state index contributed by atoms with van der Waals surface area (Å²) in [6, 6.07) is 9.24. The average Bonchev–Trinajstić information content (AvgIpc) is 3.25. The van der Waals surface area contributed by atoms with Crippen LogP contribution in [0, 0.1) is 0 Å². The number of aryl methyl sites for hydroxylation is 1. The SMILES string of the molecule is c1ccc2c(c1)CCC2c1noc(CNC2CCCC2)n1. The van der Waals surface area contributed by atoms with Crippen molar-refractivity contribution in [2.75, 3.05) is 0 Å². The lowest BCUT2D eigenvalue weighted by Crippen LogP contribution is -2.25. The Hall–Kier alpha value is -1.68. The molecule has 1 N–H and O–H groups in total. The molecule has 0 amide bonds. The summed E-state index contributed by atoms with van der Waals surface area (Å²) in [5.74, 6) is 1.88. The molecule has 0 aliphatic heterocycles. The lowest BCUT2D eigenvalue weighted by Gasteiger charge is -2.08. The first-order valence-electron chi connectivity index (χ1n) is 8.04. The summed E-state index contributed by atoms with van der Waals surface area (Å²) in [7, 11) is 0. The molecule has 4 nitrogen and oxygen atoms in total. The Morgan fingerprint density at radius 2 is 2.00 bits per heavy atom. The molecule has 1 atom stereocenters. The molecule has 1 unspecified atom stereocenters. The van der Waals surface area contributed by atoms with E-state index >= 15 is 0 Å². The third-order valence-corrected chi connectivity index (χ3v) is 4.83. The summed E-state index contributed by atoms with van der Waals surface area (Å²) in [5.41, 5.74) is 2.80. The molecule has 2 aliphatic rings. The van der Waals surface area contributed by atoms with Crippen molar-refractivity contribution in [3.8, 4) is 0 Å². The van der Waals surface area contributed by atoms with Gasteiger partial charge in [-0.1, -0.05) is 42.3 Å². The summed E-state index contributed by atoms with van der Waals surface area (Å²) in [4.78, 5) is 4.61. The number of fused-ring (bicyclic) bond motifs is 1. The van der Waals surface area contributed by atoms with E-state index in [4.69, 9.17) is 4.52 Å².